The second kappa shape index (κ2) is 6.65. The molecule has 0 aliphatic heterocycles. The molecule has 21 heavy (non-hydrogen) atoms. The molecule has 1 fully saturated rings. The highest BCUT2D eigenvalue weighted by Gasteiger charge is 2.32. The minimum absolute atomic E-state index is 0.283. The number of halogens is 1. The van der Waals surface area contributed by atoms with Gasteiger partial charge in [0, 0.05) is 24.7 Å². The molecule has 0 atom stereocenters. The van der Waals surface area contributed by atoms with Crippen molar-refractivity contribution in [1.82, 2.24) is 4.31 Å². The summed E-state index contributed by atoms with van der Waals surface area (Å²) in [7, 11) is -3.51. The van der Waals surface area contributed by atoms with E-state index in [0.717, 1.165) is 24.8 Å². The van der Waals surface area contributed by atoms with Crippen LogP contribution in [0.1, 0.15) is 37.3 Å². The van der Waals surface area contributed by atoms with Crippen molar-refractivity contribution in [3.63, 3.8) is 0 Å². The van der Waals surface area contributed by atoms with Crippen LogP contribution in [-0.2, 0) is 16.6 Å². The molecule has 0 spiro atoms. The monoisotopic (exact) mass is 330 g/mol. The first-order valence-corrected chi connectivity index (χ1v) is 9.21. The van der Waals surface area contributed by atoms with Crippen LogP contribution in [0.4, 0.5) is 0 Å². The van der Waals surface area contributed by atoms with Crippen LogP contribution in [0.15, 0.2) is 17.0 Å². The van der Waals surface area contributed by atoms with Crippen molar-refractivity contribution < 1.29 is 8.42 Å². The zero-order chi connectivity index (χ0) is 15.6. The van der Waals surface area contributed by atoms with Crippen LogP contribution in [-0.4, -0.2) is 25.8 Å². The molecule has 1 saturated carbocycles. The Hall–Kier alpha value is -0.620. The molecule has 0 bridgehead atoms. The summed E-state index contributed by atoms with van der Waals surface area (Å²) < 4.78 is 27.5. The molecule has 0 unspecified atom stereocenters. The molecule has 2 N–H and O–H groups in total. The Bertz CT molecular complexity index is 612. The highest BCUT2D eigenvalue weighted by atomic mass is 35.5. The number of hydrogen-bond donors (Lipinski definition) is 1. The number of sulfonamides is 1. The molecule has 1 aliphatic rings. The van der Waals surface area contributed by atoms with Gasteiger partial charge >= 0.3 is 0 Å². The topological polar surface area (TPSA) is 63.4 Å². The third-order valence-electron chi connectivity index (χ3n) is 3.90. The van der Waals surface area contributed by atoms with Gasteiger partial charge in [-0.1, -0.05) is 18.5 Å². The Morgan fingerprint density at radius 3 is 2.57 bits per heavy atom. The van der Waals surface area contributed by atoms with E-state index in [1.165, 1.54) is 0 Å². The predicted molar refractivity (Wildman–Crippen MR) is 85.9 cm³/mol. The molecule has 0 saturated heterocycles. The minimum Gasteiger partial charge on any atom is -0.326 e. The van der Waals surface area contributed by atoms with Crippen molar-refractivity contribution in [3.05, 3.63) is 28.3 Å². The van der Waals surface area contributed by atoms with Gasteiger partial charge in [-0.25, -0.2) is 8.42 Å². The molecule has 4 nitrogen and oxygen atoms in total. The Balaban J connectivity index is 2.43. The largest absolute Gasteiger partial charge is 0.326 e. The van der Waals surface area contributed by atoms with Crippen molar-refractivity contribution in [2.24, 2.45) is 11.7 Å². The average molecular weight is 331 g/mol. The third kappa shape index (κ3) is 3.77. The maximum absolute atomic E-state index is 13.0. The van der Waals surface area contributed by atoms with Crippen LogP contribution in [0, 0.1) is 12.8 Å². The van der Waals surface area contributed by atoms with Crippen LogP contribution in [0.2, 0.25) is 5.02 Å². The molecular formula is C15H23ClN2O2S. The van der Waals surface area contributed by atoms with E-state index in [0.29, 0.717) is 34.5 Å². The van der Waals surface area contributed by atoms with E-state index < -0.39 is 10.0 Å². The Kier molecular flexibility index (Phi) is 5.30. The van der Waals surface area contributed by atoms with Gasteiger partial charge in [0.1, 0.15) is 0 Å². The number of nitrogens with two attached hydrogens (primary N) is 1. The summed E-state index contributed by atoms with van der Waals surface area (Å²) in [6.07, 6.45) is 3.05. The fraction of sp³-hybridized carbons (Fsp3) is 0.600. The Labute approximate surface area is 132 Å². The SMILES string of the molecule is CCCN(CC1CC1)S(=O)(=O)c1cc(Cl)cc(CN)c1C. The Morgan fingerprint density at radius 2 is 2.05 bits per heavy atom. The van der Waals surface area contributed by atoms with Gasteiger partial charge in [0.15, 0.2) is 0 Å². The second-order valence-corrected chi connectivity index (χ2v) is 8.04. The van der Waals surface area contributed by atoms with Gasteiger partial charge in [-0.3, -0.25) is 0 Å². The summed E-state index contributed by atoms with van der Waals surface area (Å²) in [5.74, 6) is 0.514. The summed E-state index contributed by atoms with van der Waals surface area (Å²) in [5.41, 5.74) is 7.18. The van der Waals surface area contributed by atoms with E-state index in [4.69, 9.17) is 17.3 Å². The minimum atomic E-state index is -3.51. The molecule has 1 aliphatic carbocycles. The Morgan fingerprint density at radius 1 is 1.38 bits per heavy atom. The van der Waals surface area contributed by atoms with Gasteiger partial charge in [0.05, 0.1) is 4.90 Å². The molecule has 2 rings (SSSR count). The first-order valence-electron chi connectivity index (χ1n) is 7.39. The second-order valence-electron chi connectivity index (χ2n) is 5.70. The molecule has 118 valence electrons. The van der Waals surface area contributed by atoms with Crippen molar-refractivity contribution in [1.29, 1.82) is 0 Å². The number of rotatable bonds is 7. The fourth-order valence-electron chi connectivity index (χ4n) is 2.47. The molecule has 1 aromatic rings. The zero-order valence-electron chi connectivity index (χ0n) is 12.6. The highest BCUT2D eigenvalue weighted by Crippen LogP contribution is 2.33. The molecule has 1 aromatic carbocycles. The van der Waals surface area contributed by atoms with E-state index in [1.54, 1.807) is 23.4 Å². The van der Waals surface area contributed by atoms with Crippen molar-refractivity contribution in [2.45, 2.75) is 44.6 Å². The van der Waals surface area contributed by atoms with E-state index in [9.17, 15) is 8.42 Å². The van der Waals surface area contributed by atoms with E-state index in [2.05, 4.69) is 0 Å². The van der Waals surface area contributed by atoms with Crippen molar-refractivity contribution in [3.8, 4) is 0 Å². The molecule has 0 aromatic heterocycles. The maximum atomic E-state index is 13.0. The van der Waals surface area contributed by atoms with Crippen LogP contribution < -0.4 is 5.73 Å². The van der Waals surface area contributed by atoms with Crippen LogP contribution in [0.3, 0.4) is 0 Å². The quantitative estimate of drug-likeness (QED) is 0.836. The first-order chi connectivity index (χ1) is 9.90. The summed E-state index contributed by atoms with van der Waals surface area (Å²) in [5, 5.41) is 0.419. The standard InChI is InChI=1S/C15H23ClN2O2S/c1-3-6-18(10-12-4-5-12)21(19,20)15-8-14(16)7-13(9-17)11(15)2/h7-8,12H,3-6,9-10,17H2,1-2H3. The molecule has 0 heterocycles. The number of nitrogens with zero attached hydrogens (tertiary/aromatic N) is 1. The molecule has 0 radical (unpaired) electrons. The smallest absolute Gasteiger partial charge is 0.243 e. The summed E-state index contributed by atoms with van der Waals surface area (Å²) in [6, 6.07) is 3.28. The van der Waals surface area contributed by atoms with E-state index in [1.807, 2.05) is 6.92 Å². The summed E-state index contributed by atoms with van der Waals surface area (Å²) in [6.45, 7) is 5.23. The lowest BCUT2D eigenvalue weighted by atomic mass is 10.1. The number of benzene rings is 1. The van der Waals surface area contributed by atoms with Gasteiger partial charge in [0.2, 0.25) is 10.0 Å². The maximum Gasteiger partial charge on any atom is 0.243 e. The van der Waals surface area contributed by atoms with Crippen molar-refractivity contribution >= 4 is 21.6 Å². The molecular weight excluding hydrogens is 308 g/mol. The average Bonchev–Trinajstić information content (AvgIpc) is 3.24. The van der Waals surface area contributed by atoms with Gasteiger partial charge in [-0.2, -0.15) is 4.31 Å². The van der Waals surface area contributed by atoms with Crippen molar-refractivity contribution in [2.75, 3.05) is 13.1 Å². The lowest BCUT2D eigenvalue weighted by molar-refractivity contribution is 0.395. The zero-order valence-corrected chi connectivity index (χ0v) is 14.2. The third-order valence-corrected chi connectivity index (χ3v) is 6.11. The predicted octanol–water partition coefficient (Wildman–Crippen LogP) is 2.92. The molecule has 0 amide bonds. The van der Waals surface area contributed by atoms with Gasteiger partial charge in [-0.15, -0.1) is 0 Å². The first kappa shape index (κ1) is 16.7. The van der Waals surface area contributed by atoms with Gasteiger partial charge in [0.25, 0.3) is 0 Å². The van der Waals surface area contributed by atoms with Crippen LogP contribution in [0.25, 0.3) is 0 Å². The van der Waals surface area contributed by atoms with Crippen LogP contribution >= 0.6 is 11.6 Å². The van der Waals surface area contributed by atoms with Gasteiger partial charge < -0.3 is 5.73 Å². The van der Waals surface area contributed by atoms with E-state index >= 15 is 0 Å². The van der Waals surface area contributed by atoms with Crippen LogP contribution in [0.5, 0.6) is 0 Å². The summed E-state index contributed by atoms with van der Waals surface area (Å²) >= 11 is 6.07. The lowest BCUT2D eigenvalue weighted by Crippen LogP contribution is -2.34. The highest BCUT2D eigenvalue weighted by molar-refractivity contribution is 7.89. The molecule has 6 heteroatoms. The fourth-order valence-corrected chi connectivity index (χ4v) is 4.68. The normalized spacial score (nSPS) is 15.7. The van der Waals surface area contributed by atoms with Gasteiger partial charge in [-0.05, 0) is 55.4 Å². The number of hydrogen-bond acceptors (Lipinski definition) is 3. The lowest BCUT2D eigenvalue weighted by Gasteiger charge is -2.23. The summed E-state index contributed by atoms with van der Waals surface area (Å²) in [4.78, 5) is 0.296. The van der Waals surface area contributed by atoms with E-state index in [-0.39, 0.29) is 6.54 Å².